The third-order valence-corrected chi connectivity index (χ3v) is 3.20. The fourth-order valence-corrected chi connectivity index (χ4v) is 2.13. The summed E-state index contributed by atoms with van der Waals surface area (Å²) in [6, 6.07) is 7.56. The van der Waals surface area contributed by atoms with Crippen LogP contribution in [0.15, 0.2) is 28.7 Å². The van der Waals surface area contributed by atoms with Gasteiger partial charge in [-0.15, -0.1) is 0 Å². The van der Waals surface area contributed by atoms with Gasteiger partial charge >= 0.3 is 0 Å². The number of nitrogens with zero attached hydrogens (tertiary/aromatic N) is 1. The molecule has 0 bridgehead atoms. The molecule has 0 atom stereocenters. The van der Waals surface area contributed by atoms with E-state index < -0.39 is 0 Å². The van der Waals surface area contributed by atoms with Crippen LogP contribution in [0.4, 0.5) is 0 Å². The molecule has 1 saturated heterocycles. The molecule has 0 saturated carbocycles. The molecule has 0 spiro atoms. The first kappa shape index (κ1) is 10.6. The first-order chi connectivity index (χ1) is 7.29. The Balaban J connectivity index is 2.16. The van der Waals surface area contributed by atoms with Crippen LogP contribution < -0.4 is 5.32 Å². The van der Waals surface area contributed by atoms with Crippen LogP contribution in [0.3, 0.4) is 0 Å². The molecule has 0 aromatic heterocycles. The number of halogens is 1. The Kier molecular flexibility index (Phi) is 3.38. The first-order valence-corrected chi connectivity index (χ1v) is 5.83. The fraction of sp³-hybridized carbons (Fsp3) is 0.364. The quantitative estimate of drug-likeness (QED) is 0.837. The molecule has 1 N–H and O–H groups in total. The molecule has 1 amide bonds. The summed E-state index contributed by atoms with van der Waals surface area (Å²) in [5.74, 6) is 0.115. The van der Waals surface area contributed by atoms with Crippen LogP contribution in [0.2, 0.25) is 0 Å². The minimum absolute atomic E-state index is 0.115. The van der Waals surface area contributed by atoms with Gasteiger partial charge in [0.05, 0.1) is 5.56 Å². The van der Waals surface area contributed by atoms with Gasteiger partial charge in [0.2, 0.25) is 0 Å². The lowest BCUT2D eigenvalue weighted by molar-refractivity contribution is 0.0735. The van der Waals surface area contributed by atoms with E-state index in [1.165, 1.54) is 0 Å². The Labute approximate surface area is 97.6 Å². The monoisotopic (exact) mass is 268 g/mol. The summed E-state index contributed by atoms with van der Waals surface area (Å²) in [4.78, 5) is 14.0. The van der Waals surface area contributed by atoms with Gasteiger partial charge in [-0.3, -0.25) is 4.79 Å². The molecule has 1 aliphatic rings. The summed E-state index contributed by atoms with van der Waals surface area (Å²) < 4.78 is 0.869. The lowest BCUT2D eigenvalue weighted by atomic mass is 10.2. The molecule has 2 rings (SSSR count). The van der Waals surface area contributed by atoms with Crippen molar-refractivity contribution in [3.05, 3.63) is 34.3 Å². The number of nitrogens with one attached hydrogen (secondary N) is 1. The van der Waals surface area contributed by atoms with Gasteiger partial charge in [-0.05, 0) is 28.1 Å². The van der Waals surface area contributed by atoms with Gasteiger partial charge in [0.15, 0.2) is 0 Å². The Morgan fingerprint density at radius 1 is 1.27 bits per heavy atom. The number of amides is 1. The maximum Gasteiger partial charge on any atom is 0.255 e. The predicted molar refractivity (Wildman–Crippen MR) is 62.9 cm³/mol. The summed E-state index contributed by atoms with van der Waals surface area (Å²) >= 11 is 3.40. The average Bonchev–Trinajstić information content (AvgIpc) is 2.30. The second-order valence-electron chi connectivity index (χ2n) is 3.52. The van der Waals surface area contributed by atoms with Crippen molar-refractivity contribution < 1.29 is 4.79 Å². The molecule has 15 heavy (non-hydrogen) atoms. The van der Waals surface area contributed by atoms with Crippen molar-refractivity contribution in [3.8, 4) is 0 Å². The maximum atomic E-state index is 12.1. The van der Waals surface area contributed by atoms with E-state index in [-0.39, 0.29) is 5.91 Å². The summed E-state index contributed by atoms with van der Waals surface area (Å²) in [6.07, 6.45) is 0. The smallest absolute Gasteiger partial charge is 0.255 e. The molecular formula is C11H13BrN2O. The Bertz CT molecular complexity index is 361. The van der Waals surface area contributed by atoms with Gasteiger partial charge < -0.3 is 10.2 Å². The number of carbonyl (C=O) groups is 1. The summed E-state index contributed by atoms with van der Waals surface area (Å²) in [6.45, 7) is 3.35. The first-order valence-electron chi connectivity index (χ1n) is 5.03. The Hall–Kier alpha value is -0.870. The van der Waals surface area contributed by atoms with Crippen LogP contribution in [0.1, 0.15) is 10.4 Å². The molecule has 0 radical (unpaired) electrons. The second kappa shape index (κ2) is 4.77. The lowest BCUT2D eigenvalue weighted by Crippen LogP contribution is -2.46. The maximum absolute atomic E-state index is 12.1. The van der Waals surface area contributed by atoms with Crippen LogP contribution >= 0.6 is 15.9 Å². The van der Waals surface area contributed by atoms with E-state index >= 15 is 0 Å². The predicted octanol–water partition coefficient (Wildman–Crippen LogP) is 1.49. The lowest BCUT2D eigenvalue weighted by Gasteiger charge is -2.27. The van der Waals surface area contributed by atoms with E-state index in [0.29, 0.717) is 0 Å². The molecule has 3 nitrogen and oxygen atoms in total. The zero-order chi connectivity index (χ0) is 10.7. The molecule has 0 unspecified atom stereocenters. The number of benzene rings is 1. The zero-order valence-electron chi connectivity index (χ0n) is 8.37. The number of piperazine rings is 1. The van der Waals surface area contributed by atoms with Gasteiger partial charge in [-0.1, -0.05) is 12.1 Å². The second-order valence-corrected chi connectivity index (χ2v) is 4.38. The highest BCUT2D eigenvalue weighted by atomic mass is 79.9. The van der Waals surface area contributed by atoms with Crippen LogP contribution in [0, 0.1) is 0 Å². The van der Waals surface area contributed by atoms with E-state index in [1.807, 2.05) is 29.2 Å². The van der Waals surface area contributed by atoms with Crippen molar-refractivity contribution in [2.24, 2.45) is 0 Å². The van der Waals surface area contributed by atoms with Crippen molar-refractivity contribution in [3.63, 3.8) is 0 Å². The summed E-state index contributed by atoms with van der Waals surface area (Å²) in [7, 11) is 0. The van der Waals surface area contributed by atoms with Crippen molar-refractivity contribution in [2.75, 3.05) is 26.2 Å². The van der Waals surface area contributed by atoms with Crippen molar-refractivity contribution >= 4 is 21.8 Å². The zero-order valence-corrected chi connectivity index (χ0v) is 9.96. The Morgan fingerprint density at radius 2 is 1.93 bits per heavy atom. The number of hydrogen-bond acceptors (Lipinski definition) is 2. The molecule has 1 aliphatic heterocycles. The number of hydrogen-bond donors (Lipinski definition) is 1. The molecule has 80 valence electrons. The third kappa shape index (κ3) is 2.38. The Morgan fingerprint density at radius 3 is 2.60 bits per heavy atom. The SMILES string of the molecule is O=C(c1ccccc1Br)N1CCNCC1. The largest absolute Gasteiger partial charge is 0.336 e. The topological polar surface area (TPSA) is 32.3 Å². The summed E-state index contributed by atoms with van der Waals surface area (Å²) in [5, 5.41) is 3.23. The van der Waals surface area contributed by atoms with E-state index in [9.17, 15) is 4.79 Å². The standard InChI is InChI=1S/C11H13BrN2O/c12-10-4-2-1-3-9(10)11(15)14-7-5-13-6-8-14/h1-4,13H,5-8H2. The van der Waals surface area contributed by atoms with E-state index in [1.54, 1.807) is 0 Å². The van der Waals surface area contributed by atoms with Crippen LogP contribution in [0.25, 0.3) is 0 Å². The number of carbonyl (C=O) groups excluding carboxylic acids is 1. The minimum atomic E-state index is 0.115. The van der Waals surface area contributed by atoms with Gasteiger partial charge in [0, 0.05) is 30.7 Å². The molecule has 4 heteroatoms. The molecular weight excluding hydrogens is 256 g/mol. The van der Waals surface area contributed by atoms with E-state index in [0.717, 1.165) is 36.2 Å². The number of rotatable bonds is 1. The average molecular weight is 269 g/mol. The van der Waals surface area contributed by atoms with Crippen molar-refractivity contribution in [2.45, 2.75) is 0 Å². The van der Waals surface area contributed by atoms with Crippen LogP contribution in [-0.4, -0.2) is 37.0 Å². The van der Waals surface area contributed by atoms with E-state index in [2.05, 4.69) is 21.2 Å². The molecule has 1 aromatic carbocycles. The highest BCUT2D eigenvalue weighted by Gasteiger charge is 2.19. The van der Waals surface area contributed by atoms with Crippen LogP contribution in [0.5, 0.6) is 0 Å². The fourth-order valence-electron chi connectivity index (χ4n) is 1.67. The van der Waals surface area contributed by atoms with Gasteiger partial charge in [0.1, 0.15) is 0 Å². The molecule has 1 heterocycles. The highest BCUT2D eigenvalue weighted by molar-refractivity contribution is 9.10. The van der Waals surface area contributed by atoms with Gasteiger partial charge in [-0.2, -0.15) is 0 Å². The van der Waals surface area contributed by atoms with Gasteiger partial charge in [0.25, 0.3) is 5.91 Å². The minimum Gasteiger partial charge on any atom is -0.336 e. The molecule has 1 fully saturated rings. The van der Waals surface area contributed by atoms with Crippen molar-refractivity contribution in [1.82, 2.24) is 10.2 Å². The highest BCUT2D eigenvalue weighted by Crippen LogP contribution is 2.17. The normalized spacial score (nSPS) is 16.5. The van der Waals surface area contributed by atoms with E-state index in [4.69, 9.17) is 0 Å². The van der Waals surface area contributed by atoms with Crippen LogP contribution in [-0.2, 0) is 0 Å². The molecule has 1 aromatic rings. The van der Waals surface area contributed by atoms with Gasteiger partial charge in [-0.25, -0.2) is 0 Å². The van der Waals surface area contributed by atoms with Crippen molar-refractivity contribution in [1.29, 1.82) is 0 Å². The molecule has 0 aliphatic carbocycles. The third-order valence-electron chi connectivity index (χ3n) is 2.51. The summed E-state index contributed by atoms with van der Waals surface area (Å²) in [5.41, 5.74) is 0.749.